The molecule has 0 aromatic carbocycles. The summed E-state index contributed by atoms with van der Waals surface area (Å²) in [5.74, 6) is 0.995. The van der Waals surface area contributed by atoms with E-state index in [0.29, 0.717) is 6.61 Å². The van der Waals surface area contributed by atoms with Gasteiger partial charge in [0.15, 0.2) is 0 Å². The van der Waals surface area contributed by atoms with Crippen LogP contribution in [0.3, 0.4) is 0 Å². The van der Waals surface area contributed by atoms with Crippen molar-refractivity contribution in [3.05, 3.63) is 47.5 Å². The molecule has 4 heterocycles. The number of rotatable bonds is 4. The highest BCUT2D eigenvalue weighted by Gasteiger charge is 2.30. The predicted octanol–water partition coefficient (Wildman–Crippen LogP) is 2.74. The van der Waals surface area contributed by atoms with Gasteiger partial charge in [0, 0.05) is 49.2 Å². The fraction of sp³-hybridized carbons (Fsp3) is 0.545. The first-order valence-corrected chi connectivity index (χ1v) is 10.5. The van der Waals surface area contributed by atoms with Crippen LogP contribution in [0.1, 0.15) is 48.9 Å². The molecule has 29 heavy (non-hydrogen) atoms. The van der Waals surface area contributed by atoms with Crippen LogP contribution in [0.15, 0.2) is 30.5 Å². The second-order valence-electron chi connectivity index (χ2n) is 8.06. The molecule has 2 aromatic rings. The summed E-state index contributed by atoms with van der Waals surface area (Å²) in [6.07, 6.45) is 5.03. The Kier molecular flexibility index (Phi) is 6.04. The molecular weight excluding hydrogens is 366 g/mol. The zero-order valence-electron chi connectivity index (χ0n) is 17.2. The third-order valence-corrected chi connectivity index (χ3v) is 5.77. The van der Waals surface area contributed by atoms with Crippen LogP contribution < -0.4 is 10.2 Å². The van der Waals surface area contributed by atoms with Crippen molar-refractivity contribution in [1.82, 2.24) is 20.3 Å². The number of amides is 1. The van der Waals surface area contributed by atoms with E-state index in [-0.39, 0.29) is 24.0 Å². The number of aryl methyl sites for hydroxylation is 2. The first-order valence-electron chi connectivity index (χ1n) is 10.5. The van der Waals surface area contributed by atoms with Gasteiger partial charge in [0.05, 0.1) is 5.69 Å². The minimum atomic E-state index is -0.0428. The summed E-state index contributed by atoms with van der Waals surface area (Å²) < 4.78 is 5.87. The quantitative estimate of drug-likeness (QED) is 0.857. The number of carbonyl (C=O) groups is 1. The minimum Gasteiger partial charge on any atom is -0.372 e. The lowest BCUT2D eigenvalue weighted by Crippen LogP contribution is -2.46. The van der Waals surface area contributed by atoms with Crippen LogP contribution >= 0.6 is 0 Å². The first-order chi connectivity index (χ1) is 14.1. The molecule has 0 unspecified atom stereocenters. The van der Waals surface area contributed by atoms with E-state index in [1.165, 1.54) is 0 Å². The Morgan fingerprint density at radius 2 is 1.90 bits per heavy atom. The average Bonchev–Trinajstić information content (AvgIpc) is 2.74. The maximum absolute atomic E-state index is 12.8. The van der Waals surface area contributed by atoms with Crippen LogP contribution in [-0.2, 0) is 9.53 Å². The zero-order valence-corrected chi connectivity index (χ0v) is 17.2. The summed E-state index contributed by atoms with van der Waals surface area (Å²) in [5, 5.41) is 3.26. The highest BCUT2D eigenvalue weighted by atomic mass is 16.5. The molecule has 4 rings (SSSR count). The van der Waals surface area contributed by atoms with Crippen molar-refractivity contribution in [3.8, 4) is 0 Å². The lowest BCUT2D eigenvalue weighted by Gasteiger charge is -2.34. The van der Waals surface area contributed by atoms with E-state index in [1.807, 2.05) is 38.1 Å². The fourth-order valence-electron chi connectivity index (χ4n) is 4.21. The molecule has 0 bridgehead atoms. The van der Waals surface area contributed by atoms with E-state index in [0.717, 1.165) is 61.8 Å². The van der Waals surface area contributed by atoms with Crippen LogP contribution in [0.2, 0.25) is 0 Å². The third kappa shape index (κ3) is 4.90. The molecule has 1 amide bonds. The molecule has 2 fully saturated rings. The Hall–Kier alpha value is -2.54. The van der Waals surface area contributed by atoms with E-state index in [9.17, 15) is 4.79 Å². The number of nitrogens with one attached hydrogen (secondary N) is 1. The number of pyridine rings is 1. The molecule has 154 valence electrons. The van der Waals surface area contributed by atoms with Crippen molar-refractivity contribution >= 4 is 11.9 Å². The summed E-state index contributed by atoms with van der Waals surface area (Å²) in [5.41, 5.74) is 2.90. The topological polar surface area (TPSA) is 80.2 Å². The number of hydrogen-bond donors (Lipinski definition) is 1. The van der Waals surface area contributed by atoms with Gasteiger partial charge in [-0.1, -0.05) is 6.07 Å². The van der Waals surface area contributed by atoms with Gasteiger partial charge in [0.1, 0.15) is 6.10 Å². The van der Waals surface area contributed by atoms with Crippen LogP contribution in [0.25, 0.3) is 0 Å². The molecule has 2 saturated heterocycles. The monoisotopic (exact) mass is 395 g/mol. The third-order valence-electron chi connectivity index (χ3n) is 5.77. The lowest BCUT2D eigenvalue weighted by atomic mass is 9.94. The Labute approximate surface area is 171 Å². The van der Waals surface area contributed by atoms with Crippen molar-refractivity contribution in [2.24, 2.45) is 5.92 Å². The minimum absolute atomic E-state index is 0.0428. The van der Waals surface area contributed by atoms with Gasteiger partial charge in [-0.05, 0) is 57.7 Å². The molecule has 1 N–H and O–H groups in total. The molecule has 2 aromatic heterocycles. The number of ether oxygens (including phenoxy) is 1. The van der Waals surface area contributed by atoms with E-state index < -0.39 is 0 Å². The first kappa shape index (κ1) is 19.8. The van der Waals surface area contributed by atoms with Gasteiger partial charge in [-0.2, -0.15) is 0 Å². The number of nitrogens with zero attached hydrogens (tertiary/aromatic N) is 4. The highest BCUT2D eigenvalue weighted by molar-refractivity contribution is 5.79. The number of hydrogen-bond acceptors (Lipinski definition) is 6. The van der Waals surface area contributed by atoms with Crippen molar-refractivity contribution in [1.29, 1.82) is 0 Å². The molecule has 0 aliphatic carbocycles. The Bertz CT molecular complexity index is 816. The Balaban J connectivity index is 1.29. The van der Waals surface area contributed by atoms with Gasteiger partial charge in [-0.3, -0.25) is 9.78 Å². The second kappa shape index (κ2) is 8.86. The van der Waals surface area contributed by atoms with Crippen molar-refractivity contribution < 1.29 is 9.53 Å². The lowest BCUT2D eigenvalue weighted by molar-refractivity contribution is -0.127. The van der Waals surface area contributed by atoms with Crippen molar-refractivity contribution in [2.75, 3.05) is 24.6 Å². The van der Waals surface area contributed by atoms with Gasteiger partial charge in [-0.25, -0.2) is 9.97 Å². The van der Waals surface area contributed by atoms with Gasteiger partial charge in [0.25, 0.3) is 0 Å². The zero-order chi connectivity index (χ0) is 20.2. The van der Waals surface area contributed by atoms with E-state index in [4.69, 9.17) is 4.74 Å². The maximum atomic E-state index is 12.8. The second-order valence-corrected chi connectivity index (χ2v) is 8.06. The number of aromatic nitrogens is 3. The molecule has 2 aliphatic heterocycles. The molecule has 0 radical (unpaired) electrons. The molecular formula is C22H29N5O2. The molecule has 0 spiro atoms. The average molecular weight is 396 g/mol. The van der Waals surface area contributed by atoms with Crippen LogP contribution in [0.4, 0.5) is 5.95 Å². The fourth-order valence-corrected chi connectivity index (χ4v) is 4.21. The molecule has 2 atom stereocenters. The van der Waals surface area contributed by atoms with Gasteiger partial charge in [-0.15, -0.1) is 0 Å². The van der Waals surface area contributed by atoms with E-state index >= 15 is 0 Å². The predicted molar refractivity (Wildman–Crippen MR) is 111 cm³/mol. The smallest absolute Gasteiger partial charge is 0.225 e. The van der Waals surface area contributed by atoms with E-state index in [2.05, 4.69) is 25.2 Å². The standard InChI is InChI=1S/C22H29N5O2/c1-15-13-16(2)25-22(24-15)27-10-6-17(7-11-27)21(28)26-18-8-12-29-20(14-18)19-5-3-4-9-23-19/h3-5,9,13,17-18,20H,6-8,10-12,14H2,1-2H3,(H,26,28)/t18-,20-/m1/s1. The van der Waals surface area contributed by atoms with Crippen LogP contribution in [0.5, 0.6) is 0 Å². The van der Waals surface area contributed by atoms with Crippen LogP contribution in [0, 0.1) is 19.8 Å². The Morgan fingerprint density at radius 3 is 2.59 bits per heavy atom. The highest BCUT2D eigenvalue weighted by Crippen LogP contribution is 2.27. The largest absolute Gasteiger partial charge is 0.372 e. The molecule has 7 nitrogen and oxygen atoms in total. The molecule has 0 saturated carbocycles. The number of carbonyl (C=O) groups excluding carboxylic acids is 1. The van der Waals surface area contributed by atoms with Gasteiger partial charge in [0.2, 0.25) is 11.9 Å². The molecule has 7 heteroatoms. The van der Waals surface area contributed by atoms with E-state index in [1.54, 1.807) is 6.20 Å². The van der Waals surface area contributed by atoms with Crippen molar-refractivity contribution in [3.63, 3.8) is 0 Å². The SMILES string of the molecule is Cc1cc(C)nc(N2CCC(C(=O)N[C@@H]3CCO[C@@H](c4ccccn4)C3)CC2)n1. The summed E-state index contributed by atoms with van der Waals surface area (Å²) in [6, 6.07) is 7.99. The van der Waals surface area contributed by atoms with Gasteiger partial charge >= 0.3 is 0 Å². The Morgan fingerprint density at radius 1 is 1.14 bits per heavy atom. The maximum Gasteiger partial charge on any atom is 0.225 e. The van der Waals surface area contributed by atoms with Crippen LogP contribution in [-0.4, -0.2) is 46.6 Å². The number of piperidine rings is 1. The normalized spacial score (nSPS) is 23.0. The summed E-state index contributed by atoms with van der Waals surface area (Å²) in [7, 11) is 0. The summed E-state index contributed by atoms with van der Waals surface area (Å²) in [6.45, 7) is 6.25. The summed E-state index contributed by atoms with van der Waals surface area (Å²) >= 11 is 0. The molecule has 2 aliphatic rings. The van der Waals surface area contributed by atoms with Gasteiger partial charge < -0.3 is 15.0 Å². The number of anilines is 1. The van der Waals surface area contributed by atoms with Crippen molar-refractivity contribution in [2.45, 2.75) is 51.7 Å². The summed E-state index contributed by atoms with van der Waals surface area (Å²) in [4.78, 5) is 28.5.